The number of rotatable bonds is 8. The van der Waals surface area contributed by atoms with Gasteiger partial charge in [-0.2, -0.15) is 0 Å². The first kappa shape index (κ1) is 19.0. The minimum absolute atomic E-state index is 0.170. The average molecular weight is 381 g/mol. The lowest BCUT2D eigenvalue weighted by molar-refractivity contribution is 0.207. The Bertz CT molecular complexity index is 807. The van der Waals surface area contributed by atoms with Crippen molar-refractivity contribution in [3.63, 3.8) is 0 Å². The van der Waals surface area contributed by atoms with E-state index in [1.807, 2.05) is 6.07 Å². The van der Waals surface area contributed by atoms with Crippen LogP contribution in [0.3, 0.4) is 0 Å². The minimum atomic E-state index is 0.170. The van der Waals surface area contributed by atoms with Gasteiger partial charge in [-0.05, 0) is 68.4 Å². The van der Waals surface area contributed by atoms with E-state index in [4.69, 9.17) is 9.47 Å². The highest BCUT2D eigenvalue weighted by Crippen LogP contribution is 2.42. The van der Waals surface area contributed by atoms with Crippen LogP contribution < -0.4 is 19.7 Å². The molecule has 2 aromatic carbocycles. The van der Waals surface area contributed by atoms with E-state index in [0.29, 0.717) is 0 Å². The topological polar surface area (TPSA) is 33.7 Å². The van der Waals surface area contributed by atoms with E-state index < -0.39 is 0 Å². The lowest BCUT2D eigenvalue weighted by atomic mass is 10.1. The van der Waals surface area contributed by atoms with Gasteiger partial charge >= 0.3 is 0 Å². The van der Waals surface area contributed by atoms with Crippen molar-refractivity contribution in [2.24, 2.45) is 5.92 Å². The van der Waals surface area contributed by atoms with Crippen LogP contribution in [0.1, 0.15) is 45.1 Å². The number of methoxy groups -OCH3 is 1. The molecule has 2 aromatic rings. The van der Waals surface area contributed by atoms with Crippen LogP contribution in [0.15, 0.2) is 42.5 Å². The molecule has 1 heterocycles. The fraction of sp³-hybridized carbons (Fsp3) is 0.500. The molecule has 2 fully saturated rings. The van der Waals surface area contributed by atoms with Crippen molar-refractivity contribution in [2.75, 3.05) is 23.9 Å². The third-order valence-corrected chi connectivity index (χ3v) is 6.24. The number of fused-ring (bicyclic) bond motifs is 2. The number of hydrogen-bond acceptors (Lipinski definition) is 4. The Morgan fingerprint density at radius 1 is 1.14 bits per heavy atom. The zero-order chi connectivity index (χ0) is 19.5. The number of anilines is 2. The maximum absolute atomic E-state index is 6.06. The first-order chi connectivity index (χ1) is 13.7. The lowest BCUT2D eigenvalue weighted by Gasteiger charge is -2.31. The third kappa shape index (κ3) is 3.91. The van der Waals surface area contributed by atoms with Crippen LogP contribution in [0.25, 0.3) is 0 Å². The second kappa shape index (κ2) is 8.34. The zero-order valence-electron chi connectivity index (χ0n) is 17.3. The van der Waals surface area contributed by atoms with Crippen molar-refractivity contribution in [3.8, 4) is 11.5 Å². The number of nitrogens with one attached hydrogen (secondary N) is 1. The summed E-state index contributed by atoms with van der Waals surface area (Å²) in [5.74, 6) is 2.50. The fourth-order valence-electron chi connectivity index (χ4n) is 4.51. The van der Waals surface area contributed by atoms with Crippen LogP contribution in [0.2, 0.25) is 0 Å². The molecular formula is C24H32N2O2. The maximum atomic E-state index is 6.06. The Kier molecular flexibility index (Phi) is 5.65. The summed E-state index contributed by atoms with van der Waals surface area (Å²) in [6.07, 6.45) is 5.25. The summed E-state index contributed by atoms with van der Waals surface area (Å²) < 4.78 is 11.5. The highest BCUT2D eigenvalue weighted by atomic mass is 16.5. The summed E-state index contributed by atoms with van der Waals surface area (Å²) in [6.45, 7) is 6.19. The van der Waals surface area contributed by atoms with Crippen LogP contribution >= 0.6 is 0 Å². The first-order valence-corrected chi connectivity index (χ1v) is 10.6. The standard InChI is InChI=1S/C24H32N2O2/c1-4-17(2)28-24-14-18(10-12-23(24)27-3)15-25-21-7-5-6-8-22(21)26-16-19-9-11-20(26)13-19/h5-8,10,12,14,17,19-20,25H,4,9,11,13,15-16H2,1-3H3. The molecule has 1 saturated heterocycles. The lowest BCUT2D eigenvalue weighted by Crippen LogP contribution is -2.32. The summed E-state index contributed by atoms with van der Waals surface area (Å²) in [5, 5.41) is 3.66. The molecule has 28 heavy (non-hydrogen) atoms. The van der Waals surface area contributed by atoms with E-state index in [1.165, 1.54) is 42.7 Å². The van der Waals surface area contributed by atoms with Crippen molar-refractivity contribution in [1.29, 1.82) is 0 Å². The van der Waals surface area contributed by atoms with Crippen molar-refractivity contribution in [2.45, 2.75) is 58.2 Å². The molecule has 4 rings (SSSR count). The van der Waals surface area contributed by atoms with Crippen LogP contribution in [0, 0.1) is 5.92 Å². The van der Waals surface area contributed by atoms with Gasteiger partial charge in [0.25, 0.3) is 0 Å². The first-order valence-electron chi connectivity index (χ1n) is 10.6. The van der Waals surface area contributed by atoms with E-state index in [0.717, 1.165) is 36.4 Å². The molecule has 0 radical (unpaired) electrons. The summed E-state index contributed by atoms with van der Waals surface area (Å²) in [7, 11) is 1.69. The van der Waals surface area contributed by atoms with Crippen LogP contribution in [-0.4, -0.2) is 25.8 Å². The van der Waals surface area contributed by atoms with Crippen molar-refractivity contribution in [3.05, 3.63) is 48.0 Å². The number of nitrogens with zero attached hydrogens (tertiary/aromatic N) is 1. The molecule has 4 heteroatoms. The Balaban J connectivity index is 1.48. The van der Waals surface area contributed by atoms with E-state index in [9.17, 15) is 0 Å². The molecule has 0 spiro atoms. The van der Waals surface area contributed by atoms with E-state index >= 15 is 0 Å². The molecule has 2 aliphatic rings. The number of para-hydroxylation sites is 2. The van der Waals surface area contributed by atoms with Gasteiger partial charge in [0.1, 0.15) is 0 Å². The molecule has 4 nitrogen and oxygen atoms in total. The molecule has 2 bridgehead atoms. The number of benzene rings is 2. The molecule has 3 unspecified atom stereocenters. The molecule has 1 aliphatic heterocycles. The van der Waals surface area contributed by atoms with Gasteiger partial charge in [-0.1, -0.05) is 25.1 Å². The van der Waals surface area contributed by atoms with Crippen molar-refractivity contribution < 1.29 is 9.47 Å². The van der Waals surface area contributed by atoms with Gasteiger partial charge in [-0.25, -0.2) is 0 Å². The average Bonchev–Trinajstić information content (AvgIpc) is 3.36. The van der Waals surface area contributed by atoms with Gasteiger partial charge in [0, 0.05) is 19.1 Å². The van der Waals surface area contributed by atoms with Gasteiger partial charge < -0.3 is 19.7 Å². The highest BCUT2D eigenvalue weighted by Gasteiger charge is 2.38. The Morgan fingerprint density at radius 2 is 2.00 bits per heavy atom. The molecule has 150 valence electrons. The van der Waals surface area contributed by atoms with Gasteiger partial charge in [0.2, 0.25) is 0 Å². The second-order valence-electron chi connectivity index (χ2n) is 8.18. The van der Waals surface area contributed by atoms with Crippen LogP contribution in [-0.2, 0) is 6.54 Å². The quantitative estimate of drug-likeness (QED) is 0.658. The predicted molar refractivity (Wildman–Crippen MR) is 116 cm³/mol. The molecule has 1 N–H and O–H groups in total. The Hall–Kier alpha value is -2.36. The molecule has 3 atom stereocenters. The van der Waals surface area contributed by atoms with Gasteiger partial charge in [0.15, 0.2) is 11.5 Å². The fourth-order valence-corrected chi connectivity index (χ4v) is 4.51. The normalized spacial score (nSPS) is 21.6. The minimum Gasteiger partial charge on any atom is -0.493 e. The van der Waals surface area contributed by atoms with E-state index in [2.05, 4.69) is 60.5 Å². The monoisotopic (exact) mass is 380 g/mol. The van der Waals surface area contributed by atoms with Crippen molar-refractivity contribution >= 4 is 11.4 Å². The van der Waals surface area contributed by atoms with E-state index in [1.54, 1.807) is 7.11 Å². The molecule has 0 amide bonds. The highest BCUT2D eigenvalue weighted by molar-refractivity contribution is 5.71. The SMILES string of the molecule is CCC(C)Oc1cc(CNc2ccccc2N2CC3CCC2C3)ccc1OC. The van der Waals surface area contributed by atoms with Crippen LogP contribution in [0.5, 0.6) is 11.5 Å². The third-order valence-electron chi connectivity index (χ3n) is 6.24. The maximum Gasteiger partial charge on any atom is 0.161 e. The van der Waals surface area contributed by atoms with E-state index in [-0.39, 0.29) is 6.10 Å². The smallest absolute Gasteiger partial charge is 0.161 e. The Morgan fingerprint density at radius 3 is 2.71 bits per heavy atom. The van der Waals surface area contributed by atoms with Crippen molar-refractivity contribution in [1.82, 2.24) is 0 Å². The molecular weight excluding hydrogens is 348 g/mol. The summed E-state index contributed by atoms with van der Waals surface area (Å²) in [4.78, 5) is 2.61. The zero-order valence-corrected chi connectivity index (χ0v) is 17.3. The summed E-state index contributed by atoms with van der Waals surface area (Å²) in [6, 6.07) is 15.7. The van der Waals surface area contributed by atoms with Crippen LogP contribution in [0.4, 0.5) is 11.4 Å². The van der Waals surface area contributed by atoms with Gasteiger partial charge in [0.05, 0.1) is 24.6 Å². The van der Waals surface area contributed by atoms with Gasteiger partial charge in [-0.3, -0.25) is 0 Å². The molecule has 0 aromatic heterocycles. The Labute approximate surface area is 168 Å². The summed E-state index contributed by atoms with van der Waals surface area (Å²) >= 11 is 0. The largest absolute Gasteiger partial charge is 0.493 e. The predicted octanol–water partition coefficient (Wildman–Crippen LogP) is 5.47. The second-order valence-corrected chi connectivity index (χ2v) is 8.18. The number of piperidine rings is 1. The molecule has 1 saturated carbocycles. The van der Waals surface area contributed by atoms with Gasteiger partial charge in [-0.15, -0.1) is 0 Å². The molecule has 1 aliphatic carbocycles. The summed E-state index contributed by atoms with van der Waals surface area (Å²) in [5.41, 5.74) is 3.76. The number of hydrogen-bond donors (Lipinski definition) is 1. The number of ether oxygens (including phenoxy) is 2.